The molecule has 0 unspecified atom stereocenters. The van der Waals surface area contributed by atoms with Gasteiger partial charge < -0.3 is 5.11 Å². The van der Waals surface area contributed by atoms with Crippen molar-refractivity contribution in [2.75, 3.05) is 0 Å². The van der Waals surface area contributed by atoms with E-state index in [4.69, 9.17) is 0 Å². The molecule has 2 nitrogen and oxygen atoms in total. The van der Waals surface area contributed by atoms with Crippen LogP contribution in [0.25, 0.3) is 10.9 Å². The fraction of sp³-hybridized carbons (Fsp3) is 0.100. The molecule has 0 fully saturated rings. The fourth-order valence-corrected chi connectivity index (χ4v) is 1.29. The lowest BCUT2D eigenvalue weighted by molar-refractivity contribution is 0.472. The van der Waals surface area contributed by atoms with Gasteiger partial charge in [-0.15, -0.1) is 17.0 Å². The molecule has 68 valence electrons. The molecule has 0 bridgehead atoms. The lowest BCUT2D eigenvalue weighted by Gasteiger charge is -2.02. The van der Waals surface area contributed by atoms with Crippen LogP contribution in [0.2, 0.25) is 0 Å². The van der Waals surface area contributed by atoms with E-state index in [0.717, 1.165) is 16.5 Å². The van der Waals surface area contributed by atoms with Crippen LogP contribution in [0.3, 0.4) is 0 Å². The first kappa shape index (κ1) is 9.99. The Morgan fingerprint density at radius 1 is 1.23 bits per heavy atom. The number of hydrogen-bond donors (Lipinski definition) is 1. The molecule has 3 heteroatoms. The van der Waals surface area contributed by atoms with Gasteiger partial charge in [0.15, 0.2) is 0 Å². The van der Waals surface area contributed by atoms with Crippen molar-refractivity contribution in [1.29, 1.82) is 0 Å². The minimum atomic E-state index is 0. The topological polar surface area (TPSA) is 33.1 Å². The third kappa shape index (κ3) is 1.65. The summed E-state index contributed by atoms with van der Waals surface area (Å²) in [7, 11) is 0. The second-order valence-electron chi connectivity index (χ2n) is 2.78. The van der Waals surface area contributed by atoms with E-state index in [0.29, 0.717) is 5.75 Å². The van der Waals surface area contributed by atoms with Gasteiger partial charge in [-0.25, -0.2) is 0 Å². The Hall–Kier alpha value is -1.09. The number of halogens is 1. The fourth-order valence-electron chi connectivity index (χ4n) is 1.29. The Labute approximate surface area is 87.0 Å². The first-order chi connectivity index (χ1) is 5.79. The van der Waals surface area contributed by atoms with Crippen LogP contribution in [0.15, 0.2) is 30.5 Å². The van der Waals surface area contributed by atoms with E-state index in [1.807, 2.05) is 25.1 Å². The second kappa shape index (κ2) is 3.75. The van der Waals surface area contributed by atoms with Gasteiger partial charge in [0.2, 0.25) is 0 Å². The zero-order valence-electron chi connectivity index (χ0n) is 7.19. The van der Waals surface area contributed by atoms with Crippen LogP contribution in [-0.4, -0.2) is 10.1 Å². The smallest absolute Gasteiger partial charge is 0.119 e. The molecule has 0 aliphatic carbocycles. The third-order valence-electron chi connectivity index (χ3n) is 2.03. The maximum Gasteiger partial charge on any atom is 0.119 e. The first-order valence-electron chi connectivity index (χ1n) is 3.82. The lowest BCUT2D eigenvalue weighted by Crippen LogP contribution is -1.81. The van der Waals surface area contributed by atoms with Gasteiger partial charge in [0, 0.05) is 17.1 Å². The van der Waals surface area contributed by atoms with Gasteiger partial charge in [0.1, 0.15) is 5.75 Å². The summed E-state index contributed by atoms with van der Waals surface area (Å²) in [5.74, 6) is 0.329. The summed E-state index contributed by atoms with van der Waals surface area (Å²) < 4.78 is 0. The molecule has 1 aromatic carbocycles. The van der Waals surface area contributed by atoms with Gasteiger partial charge in [-0.2, -0.15) is 0 Å². The van der Waals surface area contributed by atoms with Crippen LogP contribution >= 0.6 is 17.0 Å². The van der Waals surface area contributed by atoms with Crippen LogP contribution in [-0.2, 0) is 0 Å². The largest absolute Gasteiger partial charge is 0.508 e. The number of phenols is 1. The highest BCUT2D eigenvalue weighted by atomic mass is 79.9. The van der Waals surface area contributed by atoms with Crippen molar-refractivity contribution in [2.24, 2.45) is 0 Å². The van der Waals surface area contributed by atoms with Crippen molar-refractivity contribution in [2.45, 2.75) is 6.92 Å². The second-order valence-corrected chi connectivity index (χ2v) is 2.78. The molecule has 13 heavy (non-hydrogen) atoms. The monoisotopic (exact) mass is 239 g/mol. The zero-order chi connectivity index (χ0) is 8.55. The number of aromatic nitrogens is 1. The molecule has 0 saturated heterocycles. The molecule has 1 N–H and O–H groups in total. The maximum absolute atomic E-state index is 9.39. The number of hydrogen-bond acceptors (Lipinski definition) is 2. The van der Waals surface area contributed by atoms with Crippen LogP contribution in [0.1, 0.15) is 5.56 Å². The molecule has 0 radical (unpaired) electrons. The summed E-state index contributed by atoms with van der Waals surface area (Å²) in [4.78, 5) is 4.17. The van der Waals surface area contributed by atoms with Crippen LogP contribution in [0.5, 0.6) is 5.75 Å². The molecule has 2 rings (SSSR count). The normalized spacial score (nSPS) is 9.62. The molecule has 0 amide bonds. The van der Waals surface area contributed by atoms with Gasteiger partial charge in [-0.1, -0.05) is 6.07 Å². The predicted octanol–water partition coefficient (Wildman–Crippen LogP) is 2.83. The highest BCUT2D eigenvalue weighted by Crippen LogP contribution is 2.23. The van der Waals surface area contributed by atoms with Gasteiger partial charge >= 0.3 is 0 Å². The summed E-state index contributed by atoms with van der Waals surface area (Å²) in [6.07, 6.45) is 1.75. The lowest BCUT2D eigenvalue weighted by atomic mass is 10.1. The van der Waals surface area contributed by atoms with Gasteiger partial charge in [-0.05, 0) is 25.1 Å². The maximum atomic E-state index is 9.39. The molecule has 2 aromatic rings. The third-order valence-corrected chi connectivity index (χ3v) is 2.03. The average molecular weight is 240 g/mol. The standard InChI is InChI=1S/C10H9NO.BrH/c1-7-8-3-2-6-11-9(8)4-5-10(7)12;/h2-6,12H,1H3;1H. The quantitative estimate of drug-likeness (QED) is 0.768. The number of aromatic hydroxyl groups is 1. The molecule has 0 atom stereocenters. The number of phenolic OH excluding ortho intramolecular Hbond substituents is 1. The SMILES string of the molecule is Br.Cc1c(O)ccc2ncccc12. The Bertz CT molecular complexity index is 428. The molecule has 0 saturated carbocycles. The van der Waals surface area contributed by atoms with E-state index in [-0.39, 0.29) is 17.0 Å². The summed E-state index contributed by atoms with van der Waals surface area (Å²) in [5.41, 5.74) is 1.81. The molecular weight excluding hydrogens is 230 g/mol. The Balaban J connectivity index is 0.000000845. The Morgan fingerprint density at radius 3 is 2.77 bits per heavy atom. The van der Waals surface area contributed by atoms with Crippen molar-refractivity contribution < 1.29 is 5.11 Å². The van der Waals surface area contributed by atoms with Crippen molar-refractivity contribution >= 4 is 27.9 Å². The average Bonchev–Trinajstić information content (AvgIpc) is 2.12. The molecule has 1 heterocycles. The zero-order valence-corrected chi connectivity index (χ0v) is 8.90. The minimum Gasteiger partial charge on any atom is -0.508 e. The predicted molar refractivity (Wildman–Crippen MR) is 58.5 cm³/mol. The van der Waals surface area contributed by atoms with E-state index in [1.165, 1.54) is 0 Å². The molecule has 0 aliphatic heterocycles. The van der Waals surface area contributed by atoms with Gasteiger partial charge in [-0.3, -0.25) is 4.98 Å². The van der Waals surface area contributed by atoms with Crippen molar-refractivity contribution in [1.82, 2.24) is 4.98 Å². The van der Waals surface area contributed by atoms with Crippen LogP contribution in [0.4, 0.5) is 0 Å². The van der Waals surface area contributed by atoms with Gasteiger partial charge in [0.25, 0.3) is 0 Å². The summed E-state index contributed by atoms with van der Waals surface area (Å²) in [5, 5.41) is 10.4. The number of aryl methyl sites for hydroxylation is 1. The molecule has 1 aromatic heterocycles. The number of rotatable bonds is 0. The summed E-state index contributed by atoms with van der Waals surface area (Å²) in [6, 6.07) is 7.31. The van der Waals surface area contributed by atoms with Crippen molar-refractivity contribution in [3.63, 3.8) is 0 Å². The molecular formula is C10H10BrNO. The number of fused-ring (bicyclic) bond motifs is 1. The molecule has 0 aliphatic rings. The Morgan fingerprint density at radius 2 is 2.00 bits per heavy atom. The number of nitrogens with zero attached hydrogens (tertiary/aromatic N) is 1. The minimum absolute atomic E-state index is 0. The number of benzene rings is 1. The van der Waals surface area contributed by atoms with Gasteiger partial charge in [0.05, 0.1) is 5.52 Å². The van der Waals surface area contributed by atoms with Crippen molar-refractivity contribution in [3.8, 4) is 5.75 Å². The number of pyridine rings is 1. The van der Waals surface area contributed by atoms with Crippen LogP contribution < -0.4 is 0 Å². The van der Waals surface area contributed by atoms with E-state index in [9.17, 15) is 5.11 Å². The van der Waals surface area contributed by atoms with E-state index < -0.39 is 0 Å². The van der Waals surface area contributed by atoms with E-state index in [1.54, 1.807) is 12.3 Å². The first-order valence-corrected chi connectivity index (χ1v) is 3.82. The van der Waals surface area contributed by atoms with Crippen molar-refractivity contribution in [3.05, 3.63) is 36.0 Å². The highest BCUT2D eigenvalue weighted by Gasteiger charge is 2.00. The summed E-state index contributed by atoms with van der Waals surface area (Å²) >= 11 is 0. The molecule has 0 spiro atoms. The summed E-state index contributed by atoms with van der Waals surface area (Å²) in [6.45, 7) is 1.89. The van der Waals surface area contributed by atoms with E-state index in [2.05, 4.69) is 4.98 Å². The Kier molecular flexibility index (Phi) is 2.88. The van der Waals surface area contributed by atoms with Crippen LogP contribution in [0, 0.1) is 6.92 Å². The highest BCUT2D eigenvalue weighted by molar-refractivity contribution is 8.93. The van der Waals surface area contributed by atoms with E-state index >= 15 is 0 Å².